The summed E-state index contributed by atoms with van der Waals surface area (Å²) in [6.07, 6.45) is 2.31. The van der Waals surface area contributed by atoms with Crippen molar-refractivity contribution >= 4 is 39.9 Å². The second-order valence-electron chi connectivity index (χ2n) is 6.43. The Kier molecular flexibility index (Phi) is 6.33. The normalized spacial score (nSPS) is 15.0. The van der Waals surface area contributed by atoms with Crippen LogP contribution in [-0.4, -0.2) is 34.5 Å². The molecule has 29 heavy (non-hydrogen) atoms. The minimum Gasteiger partial charge on any atom is -0.488 e. The average Bonchev–Trinajstić information content (AvgIpc) is 2.95. The number of carbonyl (C=O) groups excluding carboxylic acids is 2. The van der Waals surface area contributed by atoms with Crippen molar-refractivity contribution in [2.45, 2.75) is 20.0 Å². The third-order valence-electron chi connectivity index (χ3n) is 4.24. The summed E-state index contributed by atoms with van der Waals surface area (Å²) in [5.41, 5.74) is 1.89. The lowest BCUT2D eigenvalue weighted by Crippen LogP contribution is -2.31. The topological polar surface area (TPSA) is 95.9 Å². The van der Waals surface area contributed by atoms with Crippen LogP contribution in [0.5, 0.6) is 5.75 Å². The molecular formula is C21H19BrN2O5. The van der Waals surface area contributed by atoms with Crippen molar-refractivity contribution in [3.63, 3.8) is 0 Å². The van der Waals surface area contributed by atoms with Crippen LogP contribution in [0.1, 0.15) is 34.8 Å². The number of ether oxygens (including phenoxy) is 1. The Morgan fingerprint density at radius 3 is 2.72 bits per heavy atom. The zero-order valence-electron chi connectivity index (χ0n) is 15.6. The van der Waals surface area contributed by atoms with Gasteiger partial charge in [0.15, 0.2) is 0 Å². The number of imide groups is 1. The van der Waals surface area contributed by atoms with E-state index in [1.165, 1.54) is 11.0 Å². The monoisotopic (exact) mass is 458 g/mol. The Hall–Kier alpha value is -3.13. The zero-order valence-corrected chi connectivity index (χ0v) is 17.2. The van der Waals surface area contributed by atoms with E-state index in [0.717, 1.165) is 11.1 Å². The van der Waals surface area contributed by atoms with Crippen LogP contribution < -0.4 is 10.1 Å². The highest BCUT2D eigenvalue weighted by Gasteiger charge is 2.32. The molecule has 2 aromatic carbocycles. The third-order valence-corrected chi connectivity index (χ3v) is 4.86. The fourth-order valence-electron chi connectivity index (χ4n) is 2.84. The molecule has 0 bridgehead atoms. The third kappa shape index (κ3) is 4.83. The molecule has 3 amide bonds. The van der Waals surface area contributed by atoms with Crippen LogP contribution in [0.4, 0.5) is 4.79 Å². The van der Waals surface area contributed by atoms with Crippen molar-refractivity contribution in [2.75, 3.05) is 6.54 Å². The number of carboxylic acid groups (broad SMARTS) is 1. The maximum absolute atomic E-state index is 12.3. The number of rotatable bonds is 7. The van der Waals surface area contributed by atoms with Crippen LogP contribution in [0.25, 0.3) is 6.08 Å². The molecule has 0 atom stereocenters. The molecule has 1 aliphatic heterocycles. The van der Waals surface area contributed by atoms with Crippen LogP contribution in [-0.2, 0) is 11.4 Å². The Morgan fingerprint density at radius 2 is 2.03 bits per heavy atom. The molecule has 0 radical (unpaired) electrons. The summed E-state index contributed by atoms with van der Waals surface area (Å²) in [5, 5.41) is 11.6. The van der Waals surface area contributed by atoms with Crippen LogP contribution in [0.15, 0.2) is 52.6 Å². The van der Waals surface area contributed by atoms with Gasteiger partial charge in [0.1, 0.15) is 18.1 Å². The molecule has 8 heteroatoms. The van der Waals surface area contributed by atoms with E-state index in [4.69, 9.17) is 9.84 Å². The van der Waals surface area contributed by atoms with Gasteiger partial charge < -0.3 is 15.2 Å². The van der Waals surface area contributed by atoms with E-state index in [0.29, 0.717) is 23.2 Å². The van der Waals surface area contributed by atoms with Gasteiger partial charge in [0.2, 0.25) is 0 Å². The van der Waals surface area contributed by atoms with Crippen LogP contribution in [0, 0.1) is 0 Å². The zero-order chi connectivity index (χ0) is 21.0. The van der Waals surface area contributed by atoms with Gasteiger partial charge >= 0.3 is 12.0 Å². The van der Waals surface area contributed by atoms with E-state index >= 15 is 0 Å². The molecular weight excluding hydrogens is 440 g/mol. The van der Waals surface area contributed by atoms with Gasteiger partial charge in [-0.25, -0.2) is 9.59 Å². The lowest BCUT2D eigenvalue weighted by Gasteiger charge is -2.10. The molecule has 1 heterocycles. The Labute approximate surface area is 176 Å². The largest absolute Gasteiger partial charge is 0.488 e. The first-order valence-electron chi connectivity index (χ1n) is 8.98. The first kappa shape index (κ1) is 20.6. The number of hydrogen-bond donors (Lipinski definition) is 2. The van der Waals surface area contributed by atoms with Gasteiger partial charge in [-0.2, -0.15) is 0 Å². The van der Waals surface area contributed by atoms with E-state index in [1.807, 2.05) is 6.92 Å². The number of urea groups is 1. The number of aromatic carboxylic acids is 1. The predicted molar refractivity (Wildman–Crippen MR) is 110 cm³/mol. The molecule has 0 saturated carbocycles. The summed E-state index contributed by atoms with van der Waals surface area (Å²) >= 11 is 3.44. The number of benzene rings is 2. The van der Waals surface area contributed by atoms with Crippen molar-refractivity contribution in [3.8, 4) is 5.75 Å². The molecule has 0 aliphatic carbocycles. The Bertz CT molecular complexity index is 1000. The molecule has 7 nitrogen and oxygen atoms in total. The molecule has 0 unspecified atom stereocenters. The van der Waals surface area contributed by atoms with Gasteiger partial charge in [-0.05, 0) is 63.8 Å². The summed E-state index contributed by atoms with van der Waals surface area (Å²) in [6, 6.07) is 11.4. The van der Waals surface area contributed by atoms with Gasteiger partial charge in [0.05, 0.1) is 10.0 Å². The number of hydrogen-bond acceptors (Lipinski definition) is 4. The molecule has 150 valence electrons. The molecule has 0 spiro atoms. The molecule has 0 aromatic heterocycles. The number of nitrogens with zero attached hydrogens (tertiary/aromatic N) is 1. The second kappa shape index (κ2) is 8.91. The Balaban J connectivity index is 1.71. The number of nitrogens with one attached hydrogen (secondary N) is 1. The SMILES string of the molecule is CCCN1C(=O)NC(=Cc2ccc(OCc3cccc(C(=O)O)c3)c(Br)c2)C1=O. The fourth-order valence-corrected chi connectivity index (χ4v) is 3.36. The summed E-state index contributed by atoms with van der Waals surface area (Å²) < 4.78 is 6.43. The van der Waals surface area contributed by atoms with E-state index in [-0.39, 0.29) is 23.8 Å². The molecule has 3 rings (SSSR count). The summed E-state index contributed by atoms with van der Waals surface area (Å²) in [5.74, 6) is -0.759. The van der Waals surface area contributed by atoms with E-state index in [1.54, 1.807) is 42.5 Å². The maximum atomic E-state index is 12.3. The standard InChI is InChI=1S/C21H19BrN2O5/c1-2-8-24-19(25)17(23-21(24)28)11-13-6-7-18(16(22)10-13)29-12-14-4-3-5-15(9-14)20(26)27/h3-7,9-11H,2,8,12H2,1H3,(H,23,28)(H,26,27). The van der Waals surface area contributed by atoms with Gasteiger partial charge in [-0.15, -0.1) is 0 Å². The lowest BCUT2D eigenvalue weighted by molar-refractivity contribution is -0.122. The minimum absolute atomic E-state index is 0.201. The number of halogens is 1. The Morgan fingerprint density at radius 1 is 1.24 bits per heavy atom. The smallest absolute Gasteiger partial charge is 0.335 e. The van der Waals surface area contributed by atoms with E-state index < -0.39 is 12.0 Å². The molecule has 2 aromatic rings. The van der Waals surface area contributed by atoms with Crippen molar-refractivity contribution in [3.05, 3.63) is 69.3 Å². The highest BCUT2D eigenvalue weighted by atomic mass is 79.9. The van der Waals surface area contributed by atoms with E-state index in [9.17, 15) is 14.4 Å². The maximum Gasteiger partial charge on any atom is 0.335 e. The average molecular weight is 459 g/mol. The number of carboxylic acids is 1. The molecule has 2 N–H and O–H groups in total. The van der Waals surface area contributed by atoms with Gasteiger partial charge in [-0.1, -0.05) is 25.1 Å². The molecule has 1 aliphatic rings. The van der Waals surface area contributed by atoms with Crippen LogP contribution >= 0.6 is 15.9 Å². The number of amides is 3. The first-order valence-corrected chi connectivity index (χ1v) is 9.77. The van der Waals surface area contributed by atoms with Gasteiger partial charge in [0.25, 0.3) is 5.91 Å². The molecule has 1 fully saturated rings. The van der Waals surface area contributed by atoms with Crippen LogP contribution in [0.3, 0.4) is 0 Å². The summed E-state index contributed by atoms with van der Waals surface area (Å²) in [4.78, 5) is 36.4. The fraction of sp³-hybridized carbons (Fsp3) is 0.190. The van der Waals surface area contributed by atoms with Crippen molar-refractivity contribution in [1.82, 2.24) is 10.2 Å². The molecule has 1 saturated heterocycles. The van der Waals surface area contributed by atoms with E-state index in [2.05, 4.69) is 21.2 Å². The quantitative estimate of drug-likeness (QED) is 0.482. The second-order valence-corrected chi connectivity index (χ2v) is 7.28. The van der Waals surface area contributed by atoms with Gasteiger partial charge in [-0.3, -0.25) is 9.69 Å². The summed E-state index contributed by atoms with van der Waals surface area (Å²) in [6.45, 7) is 2.48. The minimum atomic E-state index is -0.989. The summed E-state index contributed by atoms with van der Waals surface area (Å²) in [7, 11) is 0. The number of carbonyl (C=O) groups is 3. The highest BCUT2D eigenvalue weighted by molar-refractivity contribution is 9.10. The van der Waals surface area contributed by atoms with Crippen molar-refractivity contribution in [2.24, 2.45) is 0 Å². The first-order chi connectivity index (χ1) is 13.9. The van der Waals surface area contributed by atoms with Crippen molar-refractivity contribution < 1.29 is 24.2 Å². The highest BCUT2D eigenvalue weighted by Crippen LogP contribution is 2.28. The van der Waals surface area contributed by atoms with Crippen molar-refractivity contribution in [1.29, 1.82) is 0 Å². The van der Waals surface area contributed by atoms with Crippen LogP contribution in [0.2, 0.25) is 0 Å². The lowest BCUT2D eigenvalue weighted by atomic mass is 10.1. The van der Waals surface area contributed by atoms with Gasteiger partial charge in [0, 0.05) is 6.54 Å². The predicted octanol–water partition coefficient (Wildman–Crippen LogP) is 4.03.